The van der Waals surface area contributed by atoms with Gasteiger partial charge in [0.05, 0.1) is 6.61 Å². The van der Waals surface area contributed by atoms with Crippen LogP contribution in [0.1, 0.15) is 36.8 Å². The molecule has 154 valence electrons. The summed E-state index contributed by atoms with van der Waals surface area (Å²) in [6.07, 6.45) is 2.44. The fraction of sp³-hybridized carbons (Fsp3) is 0.318. The number of benzene rings is 2. The third kappa shape index (κ3) is 8.62. The Labute approximate surface area is 181 Å². The Bertz CT molecular complexity index is 843. The minimum atomic E-state index is -0.291. The van der Waals surface area contributed by atoms with E-state index in [1.165, 1.54) is 5.56 Å². The fourth-order valence-corrected chi connectivity index (χ4v) is 3.06. The summed E-state index contributed by atoms with van der Waals surface area (Å²) in [6, 6.07) is 15.5. The molecule has 2 N–H and O–H groups in total. The van der Waals surface area contributed by atoms with E-state index in [9.17, 15) is 9.59 Å². The van der Waals surface area contributed by atoms with Gasteiger partial charge in [-0.2, -0.15) is 0 Å². The van der Waals surface area contributed by atoms with E-state index in [0.717, 1.165) is 24.1 Å². The van der Waals surface area contributed by atoms with Gasteiger partial charge < -0.3 is 15.4 Å². The molecule has 0 aromatic heterocycles. The van der Waals surface area contributed by atoms with Gasteiger partial charge in [-0.05, 0) is 61.7 Å². The number of thiocarbonyl (C=S) groups is 1. The van der Waals surface area contributed by atoms with Crippen molar-refractivity contribution in [3.8, 4) is 0 Å². The van der Waals surface area contributed by atoms with Crippen LogP contribution >= 0.6 is 23.8 Å². The standard InChI is InChI=1S/C22H25ClN2O3S/c1-16-18(23)11-5-12-19(16)24-22(29)25-20(26)13-6-14-21(27)28-15-7-10-17-8-3-2-4-9-17/h2-5,8-9,11-12H,6-7,10,13-15H2,1H3,(H2,24,25,26,29). The van der Waals surface area contributed by atoms with Crippen LogP contribution < -0.4 is 10.6 Å². The summed E-state index contributed by atoms with van der Waals surface area (Å²) in [5.41, 5.74) is 2.81. The highest BCUT2D eigenvalue weighted by molar-refractivity contribution is 7.80. The monoisotopic (exact) mass is 432 g/mol. The molecule has 0 heterocycles. The first-order valence-electron chi connectivity index (χ1n) is 9.51. The summed E-state index contributed by atoms with van der Waals surface area (Å²) in [6.45, 7) is 2.24. The van der Waals surface area contributed by atoms with Crippen molar-refractivity contribution >= 4 is 46.5 Å². The first-order valence-corrected chi connectivity index (χ1v) is 10.3. The second-order valence-electron chi connectivity index (χ2n) is 6.58. The van der Waals surface area contributed by atoms with Crippen LogP contribution in [0.5, 0.6) is 0 Å². The lowest BCUT2D eigenvalue weighted by molar-refractivity contribution is -0.143. The number of rotatable bonds is 9. The quantitative estimate of drug-likeness (QED) is 0.338. The molecule has 0 saturated carbocycles. The van der Waals surface area contributed by atoms with Crippen LogP contribution in [0.3, 0.4) is 0 Å². The Balaban J connectivity index is 1.58. The number of carbonyl (C=O) groups excluding carboxylic acids is 2. The topological polar surface area (TPSA) is 67.4 Å². The zero-order valence-electron chi connectivity index (χ0n) is 16.4. The third-order valence-electron chi connectivity index (χ3n) is 4.27. The van der Waals surface area contributed by atoms with Gasteiger partial charge in [-0.1, -0.05) is 48.0 Å². The van der Waals surface area contributed by atoms with Crippen LogP contribution in [-0.2, 0) is 20.7 Å². The van der Waals surface area contributed by atoms with E-state index >= 15 is 0 Å². The van der Waals surface area contributed by atoms with Crippen LogP contribution in [0.2, 0.25) is 5.02 Å². The number of halogens is 1. The third-order valence-corrected chi connectivity index (χ3v) is 4.88. The second-order valence-corrected chi connectivity index (χ2v) is 7.39. The molecule has 0 fully saturated rings. The Kier molecular flexibility index (Phi) is 9.60. The largest absolute Gasteiger partial charge is 0.466 e. The van der Waals surface area contributed by atoms with Gasteiger partial charge in [-0.3, -0.25) is 9.59 Å². The van der Waals surface area contributed by atoms with Crippen molar-refractivity contribution in [3.63, 3.8) is 0 Å². The van der Waals surface area contributed by atoms with Crippen molar-refractivity contribution in [3.05, 3.63) is 64.7 Å². The molecule has 5 nitrogen and oxygen atoms in total. The van der Waals surface area contributed by atoms with E-state index in [2.05, 4.69) is 10.6 Å². The van der Waals surface area contributed by atoms with Gasteiger partial charge >= 0.3 is 5.97 Å². The second kappa shape index (κ2) is 12.2. The number of ether oxygens (including phenoxy) is 1. The van der Waals surface area contributed by atoms with Gasteiger partial charge in [0.15, 0.2) is 5.11 Å². The number of carbonyl (C=O) groups is 2. The molecule has 2 rings (SSSR count). The van der Waals surface area contributed by atoms with E-state index in [1.807, 2.05) is 43.3 Å². The molecular formula is C22H25ClN2O3S. The minimum Gasteiger partial charge on any atom is -0.466 e. The molecule has 0 bridgehead atoms. The van der Waals surface area contributed by atoms with Crippen molar-refractivity contribution in [1.29, 1.82) is 0 Å². The molecule has 7 heteroatoms. The predicted octanol–water partition coefficient (Wildman–Crippen LogP) is 4.81. The highest BCUT2D eigenvalue weighted by Crippen LogP contribution is 2.22. The van der Waals surface area contributed by atoms with Crippen LogP contribution in [0.25, 0.3) is 0 Å². The summed E-state index contributed by atoms with van der Waals surface area (Å²) in [5, 5.41) is 6.37. The van der Waals surface area contributed by atoms with Crippen molar-refractivity contribution in [2.24, 2.45) is 0 Å². The average molecular weight is 433 g/mol. The summed E-state index contributed by atoms with van der Waals surface area (Å²) in [7, 11) is 0. The number of anilines is 1. The van der Waals surface area contributed by atoms with Crippen LogP contribution in [0.15, 0.2) is 48.5 Å². The Morgan fingerprint density at radius 3 is 2.55 bits per heavy atom. The van der Waals surface area contributed by atoms with E-state index in [-0.39, 0.29) is 29.8 Å². The Morgan fingerprint density at radius 1 is 1.03 bits per heavy atom. The van der Waals surface area contributed by atoms with Gasteiger partial charge in [-0.15, -0.1) is 0 Å². The number of esters is 1. The van der Waals surface area contributed by atoms with Crippen LogP contribution in [0, 0.1) is 6.92 Å². The maximum absolute atomic E-state index is 12.0. The lowest BCUT2D eigenvalue weighted by Gasteiger charge is -2.12. The van der Waals surface area contributed by atoms with E-state index in [1.54, 1.807) is 12.1 Å². The van der Waals surface area contributed by atoms with E-state index in [0.29, 0.717) is 18.1 Å². The summed E-state index contributed by atoms with van der Waals surface area (Å²) >= 11 is 11.2. The van der Waals surface area contributed by atoms with Crippen molar-refractivity contribution in [1.82, 2.24) is 5.32 Å². The Hall–Kier alpha value is -2.44. The van der Waals surface area contributed by atoms with Gasteiger partial charge in [0.2, 0.25) is 5.91 Å². The first kappa shape index (κ1) is 22.8. The molecule has 0 unspecified atom stereocenters. The first-order chi connectivity index (χ1) is 14.0. The number of nitrogens with one attached hydrogen (secondary N) is 2. The molecule has 0 radical (unpaired) electrons. The van der Waals surface area contributed by atoms with Gasteiger partial charge in [0.1, 0.15) is 0 Å². The van der Waals surface area contributed by atoms with Gasteiger partial charge in [0, 0.05) is 23.6 Å². The average Bonchev–Trinajstić information content (AvgIpc) is 2.69. The Morgan fingerprint density at radius 2 is 1.79 bits per heavy atom. The van der Waals surface area contributed by atoms with E-state index in [4.69, 9.17) is 28.6 Å². The zero-order chi connectivity index (χ0) is 21.1. The summed E-state index contributed by atoms with van der Waals surface area (Å²) in [4.78, 5) is 23.7. The number of hydrogen-bond acceptors (Lipinski definition) is 4. The molecular weight excluding hydrogens is 408 g/mol. The zero-order valence-corrected chi connectivity index (χ0v) is 17.9. The van der Waals surface area contributed by atoms with Crippen molar-refractivity contribution in [2.75, 3.05) is 11.9 Å². The molecule has 2 aromatic carbocycles. The smallest absolute Gasteiger partial charge is 0.305 e. The summed E-state index contributed by atoms with van der Waals surface area (Å²) < 4.78 is 5.21. The molecule has 0 aliphatic carbocycles. The minimum absolute atomic E-state index is 0.190. The van der Waals surface area contributed by atoms with Crippen molar-refractivity contribution in [2.45, 2.75) is 39.0 Å². The number of amides is 1. The normalized spacial score (nSPS) is 10.3. The molecule has 0 saturated heterocycles. The fourth-order valence-electron chi connectivity index (χ4n) is 2.66. The molecule has 0 spiro atoms. The van der Waals surface area contributed by atoms with E-state index < -0.39 is 0 Å². The van der Waals surface area contributed by atoms with Gasteiger partial charge in [-0.25, -0.2) is 0 Å². The number of hydrogen-bond donors (Lipinski definition) is 2. The lowest BCUT2D eigenvalue weighted by atomic mass is 10.1. The molecule has 29 heavy (non-hydrogen) atoms. The van der Waals surface area contributed by atoms with Crippen LogP contribution in [-0.4, -0.2) is 23.6 Å². The molecule has 0 atom stereocenters. The van der Waals surface area contributed by atoms with Gasteiger partial charge in [0.25, 0.3) is 0 Å². The highest BCUT2D eigenvalue weighted by atomic mass is 35.5. The number of aryl methyl sites for hydroxylation is 1. The molecule has 0 aliphatic heterocycles. The molecule has 2 aromatic rings. The summed E-state index contributed by atoms with van der Waals surface area (Å²) in [5.74, 6) is -0.542. The highest BCUT2D eigenvalue weighted by Gasteiger charge is 2.09. The molecule has 0 aliphatic rings. The predicted molar refractivity (Wildman–Crippen MR) is 120 cm³/mol. The van der Waals surface area contributed by atoms with Crippen LogP contribution in [0.4, 0.5) is 5.69 Å². The SMILES string of the molecule is Cc1c(Cl)cccc1NC(=S)NC(=O)CCCC(=O)OCCCc1ccccc1. The maximum atomic E-state index is 12.0. The maximum Gasteiger partial charge on any atom is 0.305 e. The lowest BCUT2D eigenvalue weighted by Crippen LogP contribution is -2.34. The van der Waals surface area contributed by atoms with Crippen molar-refractivity contribution < 1.29 is 14.3 Å². The molecule has 1 amide bonds.